The lowest BCUT2D eigenvalue weighted by molar-refractivity contribution is -0.162. The van der Waals surface area contributed by atoms with Gasteiger partial charge in [-0.3, -0.25) is 4.79 Å². The van der Waals surface area contributed by atoms with Crippen LogP contribution in [0.4, 0.5) is 0 Å². The van der Waals surface area contributed by atoms with Crippen molar-refractivity contribution in [3.05, 3.63) is 0 Å². The topological polar surface area (TPSA) is 156 Å². The Morgan fingerprint density at radius 1 is 0.483 bits per heavy atom. The molecule has 1 N–H and O–H groups in total. The number of hydrogen-bond acceptors (Lipinski definition) is 13. The van der Waals surface area contributed by atoms with E-state index in [4.69, 9.17) is 33.2 Å². The second-order valence-electron chi connectivity index (χ2n) is 16.6. The lowest BCUT2D eigenvalue weighted by Crippen LogP contribution is -2.24. The average Bonchev–Trinajstić information content (AvgIpc) is 3.20. The van der Waals surface area contributed by atoms with Crippen molar-refractivity contribution in [2.45, 2.75) is 194 Å². The van der Waals surface area contributed by atoms with Crippen LogP contribution < -0.4 is 0 Å². The Hall–Kier alpha value is -2.32. The highest BCUT2D eigenvalue weighted by Gasteiger charge is 2.17. The lowest BCUT2D eigenvalue weighted by Gasteiger charge is -2.19. The molecule has 2 atom stereocenters. The summed E-state index contributed by atoms with van der Waals surface area (Å²) in [6.45, 7) is 9.48. The molecule has 0 bridgehead atoms. The first-order chi connectivity index (χ1) is 29.0. The quantitative estimate of drug-likeness (QED) is 0.0268. The Morgan fingerprint density at radius 2 is 0.917 bits per heavy atom. The summed E-state index contributed by atoms with van der Waals surface area (Å²) >= 11 is 0. The molecule has 354 valence electrons. The van der Waals surface area contributed by atoms with Crippen molar-refractivity contribution in [1.82, 2.24) is 4.90 Å². The van der Waals surface area contributed by atoms with Crippen molar-refractivity contribution in [2.24, 2.45) is 11.8 Å². The fraction of sp³-hybridized carbons (Fsp3) is 0.915. The van der Waals surface area contributed by atoms with Crippen molar-refractivity contribution in [3.63, 3.8) is 0 Å². The SMILES string of the molecule is CCCCCC(CCCCC)CCOC(=O)COCC(=O)OCCCC(CCCOC(O)COCC(=O)OCCC(CCCCC)CCCCC)OC(=O)CCCN(C)C. The van der Waals surface area contributed by atoms with E-state index in [0.29, 0.717) is 57.2 Å². The van der Waals surface area contributed by atoms with Crippen LogP contribution in [0.1, 0.15) is 182 Å². The molecule has 0 saturated heterocycles. The van der Waals surface area contributed by atoms with E-state index in [0.717, 1.165) is 32.2 Å². The first-order valence-corrected chi connectivity index (χ1v) is 23.8. The molecule has 0 rings (SSSR count). The first kappa shape index (κ1) is 57.7. The zero-order valence-electron chi connectivity index (χ0n) is 39.0. The minimum atomic E-state index is -1.22. The van der Waals surface area contributed by atoms with E-state index in [2.05, 4.69) is 27.7 Å². The minimum absolute atomic E-state index is 0.103. The molecule has 0 heterocycles. The van der Waals surface area contributed by atoms with Gasteiger partial charge in [0.15, 0.2) is 6.29 Å². The van der Waals surface area contributed by atoms with Crippen LogP contribution in [-0.4, -0.2) is 120 Å². The Balaban J connectivity index is 4.49. The van der Waals surface area contributed by atoms with Crippen molar-refractivity contribution < 1.29 is 57.4 Å². The molecule has 0 saturated carbocycles. The molecule has 13 nitrogen and oxygen atoms in total. The van der Waals surface area contributed by atoms with Crippen molar-refractivity contribution in [3.8, 4) is 0 Å². The van der Waals surface area contributed by atoms with E-state index in [1.807, 2.05) is 19.0 Å². The molecule has 0 aromatic rings. The second-order valence-corrected chi connectivity index (χ2v) is 16.6. The number of nitrogens with zero attached hydrogens (tertiary/aromatic N) is 1. The molecule has 13 heteroatoms. The highest BCUT2D eigenvalue weighted by Crippen LogP contribution is 2.22. The molecule has 0 spiro atoms. The van der Waals surface area contributed by atoms with Crippen LogP contribution in [0, 0.1) is 11.8 Å². The fourth-order valence-electron chi connectivity index (χ4n) is 6.98. The summed E-state index contributed by atoms with van der Waals surface area (Å²) in [5.74, 6) is -0.712. The predicted molar refractivity (Wildman–Crippen MR) is 235 cm³/mol. The predicted octanol–water partition coefficient (Wildman–Crippen LogP) is 9.13. The van der Waals surface area contributed by atoms with Gasteiger partial charge < -0.3 is 43.2 Å². The highest BCUT2D eigenvalue weighted by atomic mass is 16.6. The average molecular weight is 860 g/mol. The third-order valence-electron chi connectivity index (χ3n) is 10.6. The minimum Gasteiger partial charge on any atom is -0.464 e. The van der Waals surface area contributed by atoms with E-state index in [1.54, 1.807) is 0 Å². The Labute approximate surface area is 365 Å². The van der Waals surface area contributed by atoms with Crippen LogP contribution in [0.3, 0.4) is 0 Å². The number of aliphatic hydroxyl groups is 1. The first-order valence-electron chi connectivity index (χ1n) is 23.8. The van der Waals surface area contributed by atoms with Gasteiger partial charge in [-0.2, -0.15) is 0 Å². The smallest absolute Gasteiger partial charge is 0.332 e. The van der Waals surface area contributed by atoms with Gasteiger partial charge in [-0.15, -0.1) is 0 Å². The summed E-state index contributed by atoms with van der Waals surface area (Å²) in [5, 5.41) is 10.2. The lowest BCUT2D eigenvalue weighted by atomic mass is 9.92. The molecule has 60 heavy (non-hydrogen) atoms. The second kappa shape index (κ2) is 42.0. The summed E-state index contributed by atoms with van der Waals surface area (Å²) in [7, 11) is 3.89. The van der Waals surface area contributed by atoms with Crippen molar-refractivity contribution in [1.29, 1.82) is 0 Å². The van der Waals surface area contributed by atoms with Crippen LogP contribution in [0.25, 0.3) is 0 Å². The van der Waals surface area contributed by atoms with Crippen molar-refractivity contribution >= 4 is 23.9 Å². The number of carbonyl (C=O) groups excluding carboxylic acids is 4. The van der Waals surface area contributed by atoms with Crippen LogP contribution in [0.5, 0.6) is 0 Å². The summed E-state index contributed by atoms with van der Waals surface area (Å²) in [6.07, 6.45) is 22.0. The van der Waals surface area contributed by atoms with Crippen LogP contribution in [0.15, 0.2) is 0 Å². The van der Waals surface area contributed by atoms with Crippen LogP contribution in [0.2, 0.25) is 0 Å². The Kier molecular flexibility index (Phi) is 40.4. The van der Waals surface area contributed by atoms with Gasteiger partial charge in [-0.25, -0.2) is 14.4 Å². The van der Waals surface area contributed by atoms with Gasteiger partial charge >= 0.3 is 23.9 Å². The van der Waals surface area contributed by atoms with Crippen molar-refractivity contribution in [2.75, 3.05) is 73.5 Å². The summed E-state index contributed by atoms with van der Waals surface area (Å²) < 4.78 is 37.9. The largest absolute Gasteiger partial charge is 0.464 e. The number of ether oxygens (including phenoxy) is 7. The number of hydrogen-bond donors (Lipinski definition) is 1. The van der Waals surface area contributed by atoms with E-state index in [-0.39, 0.29) is 52.0 Å². The molecule has 0 aromatic carbocycles. The molecule has 0 radical (unpaired) electrons. The number of rotatable bonds is 44. The third kappa shape index (κ3) is 38.6. The molecular formula is C47H89NO12. The van der Waals surface area contributed by atoms with Crippen LogP contribution >= 0.6 is 0 Å². The zero-order valence-corrected chi connectivity index (χ0v) is 39.0. The Morgan fingerprint density at radius 3 is 1.37 bits per heavy atom. The third-order valence-corrected chi connectivity index (χ3v) is 10.6. The van der Waals surface area contributed by atoms with E-state index < -0.39 is 30.3 Å². The van der Waals surface area contributed by atoms with Gasteiger partial charge in [0.05, 0.1) is 26.4 Å². The zero-order chi connectivity index (χ0) is 44.5. The van der Waals surface area contributed by atoms with Gasteiger partial charge in [0.25, 0.3) is 0 Å². The molecule has 0 aliphatic carbocycles. The molecule has 0 fully saturated rings. The molecule has 0 aliphatic rings. The maximum absolute atomic E-state index is 12.6. The maximum Gasteiger partial charge on any atom is 0.332 e. The van der Waals surface area contributed by atoms with E-state index in [1.165, 1.54) is 89.9 Å². The summed E-state index contributed by atoms with van der Waals surface area (Å²) in [4.78, 5) is 51.2. The number of carbonyl (C=O) groups is 4. The molecule has 2 unspecified atom stereocenters. The standard InChI is InChI=1S/C47H89NO12/c1-7-11-15-22-40(23-16-12-8-2)29-34-58-46(52)38-54-36-44(50)56-32-20-26-42(60-43(49)28-19-31-48(5)6)27-21-33-57-45(51)37-55-39-47(53)59-35-30-41(24-17-13-9-3)25-18-14-10-4/h40-42,44,50H,7-39H2,1-6H3. The summed E-state index contributed by atoms with van der Waals surface area (Å²) in [6, 6.07) is 0. The molecule has 0 aromatic heterocycles. The normalized spacial score (nSPS) is 12.6. The van der Waals surface area contributed by atoms with Crippen LogP contribution in [-0.2, 0) is 52.3 Å². The maximum atomic E-state index is 12.6. The molecular weight excluding hydrogens is 771 g/mol. The molecule has 0 amide bonds. The van der Waals surface area contributed by atoms with Gasteiger partial charge in [-0.05, 0) is 77.4 Å². The Bertz CT molecular complexity index is 1010. The number of unbranched alkanes of at least 4 members (excludes halogenated alkanes) is 8. The molecule has 0 aliphatic heterocycles. The van der Waals surface area contributed by atoms with Gasteiger partial charge in [-0.1, -0.05) is 130 Å². The number of esters is 4. The van der Waals surface area contributed by atoms with E-state index >= 15 is 0 Å². The van der Waals surface area contributed by atoms with Gasteiger partial charge in [0.2, 0.25) is 0 Å². The van der Waals surface area contributed by atoms with Gasteiger partial charge in [0.1, 0.15) is 25.9 Å². The summed E-state index contributed by atoms with van der Waals surface area (Å²) in [5.41, 5.74) is 0. The van der Waals surface area contributed by atoms with Gasteiger partial charge in [0, 0.05) is 13.0 Å². The van der Waals surface area contributed by atoms with E-state index in [9.17, 15) is 24.3 Å². The fourth-order valence-corrected chi connectivity index (χ4v) is 6.98. The monoisotopic (exact) mass is 860 g/mol. The number of aliphatic hydroxyl groups excluding tert-OH is 1. The highest BCUT2D eigenvalue weighted by molar-refractivity contribution is 5.73.